The number of nitrogens with zero attached hydrogens (tertiary/aromatic N) is 3. The third kappa shape index (κ3) is 3.19. The Balaban J connectivity index is 2.12. The number of hydrogen-bond donors (Lipinski definition) is 3. The molecule has 0 atom stereocenters. The fraction of sp³-hybridized carbons (Fsp3) is 0.400. The maximum absolute atomic E-state index is 12.1. The van der Waals surface area contributed by atoms with Crippen LogP contribution in [-0.2, 0) is 30.2 Å². The summed E-state index contributed by atoms with van der Waals surface area (Å²) in [5, 5.41) is 9.23. The van der Waals surface area contributed by atoms with Crippen molar-refractivity contribution in [2.75, 3.05) is 7.05 Å². The number of rotatable bonds is 6. The van der Waals surface area contributed by atoms with Crippen molar-refractivity contribution in [3.63, 3.8) is 0 Å². The molecule has 0 bridgehead atoms. The van der Waals surface area contributed by atoms with Crippen LogP contribution in [0.3, 0.4) is 0 Å². The van der Waals surface area contributed by atoms with Crippen molar-refractivity contribution < 1.29 is 8.42 Å². The second kappa shape index (κ2) is 5.51. The lowest BCUT2D eigenvalue weighted by Gasteiger charge is -2.02. The molecule has 3 N–H and O–H groups in total. The molecule has 0 fully saturated rings. The molecule has 0 saturated heterocycles. The van der Waals surface area contributed by atoms with E-state index in [0.29, 0.717) is 12.4 Å². The van der Waals surface area contributed by atoms with E-state index in [1.54, 1.807) is 16.8 Å². The number of aromatic nitrogens is 4. The van der Waals surface area contributed by atoms with E-state index in [4.69, 9.17) is 0 Å². The standard InChI is InChI=1S/C10H16N6O2S/c1-11-4-8-3-9(6-16(8)2)19(17,18)14-5-10-12-7-13-15-10/h3,6-7,11,14H,4-5H2,1-2H3,(H,12,13,15). The molecule has 2 heterocycles. The summed E-state index contributed by atoms with van der Waals surface area (Å²) in [5.74, 6) is 0.468. The smallest absolute Gasteiger partial charge is 0.242 e. The number of sulfonamides is 1. The van der Waals surface area contributed by atoms with Crippen LogP contribution in [0.25, 0.3) is 0 Å². The summed E-state index contributed by atoms with van der Waals surface area (Å²) in [5.41, 5.74) is 0.891. The Labute approximate surface area is 111 Å². The van der Waals surface area contributed by atoms with E-state index in [1.807, 2.05) is 14.1 Å². The molecule has 0 aromatic carbocycles. The van der Waals surface area contributed by atoms with Crippen molar-refractivity contribution >= 4 is 10.0 Å². The molecule has 8 nitrogen and oxygen atoms in total. The predicted molar refractivity (Wildman–Crippen MR) is 68.6 cm³/mol. The second-order valence-corrected chi connectivity index (χ2v) is 5.83. The van der Waals surface area contributed by atoms with Gasteiger partial charge < -0.3 is 9.88 Å². The van der Waals surface area contributed by atoms with E-state index in [2.05, 4.69) is 25.2 Å². The molecular weight excluding hydrogens is 268 g/mol. The summed E-state index contributed by atoms with van der Waals surface area (Å²) >= 11 is 0. The first-order valence-electron chi connectivity index (χ1n) is 5.66. The molecule has 0 aliphatic rings. The SMILES string of the molecule is CNCc1cc(S(=O)(=O)NCc2ncn[nH]2)cn1C. The van der Waals surface area contributed by atoms with Crippen molar-refractivity contribution in [1.29, 1.82) is 0 Å². The quantitative estimate of drug-likeness (QED) is 0.653. The molecule has 0 aliphatic heterocycles. The van der Waals surface area contributed by atoms with Crippen molar-refractivity contribution in [3.05, 3.63) is 30.1 Å². The molecule has 0 aliphatic carbocycles. The number of aryl methyl sites for hydroxylation is 1. The molecule has 0 amide bonds. The van der Waals surface area contributed by atoms with Crippen LogP contribution in [0.2, 0.25) is 0 Å². The van der Waals surface area contributed by atoms with Crippen LogP contribution < -0.4 is 10.0 Å². The van der Waals surface area contributed by atoms with Crippen LogP contribution in [0.4, 0.5) is 0 Å². The molecule has 0 spiro atoms. The first-order chi connectivity index (χ1) is 9.03. The average Bonchev–Trinajstić information content (AvgIpc) is 2.98. The molecule has 0 radical (unpaired) electrons. The number of hydrogen-bond acceptors (Lipinski definition) is 5. The summed E-state index contributed by atoms with van der Waals surface area (Å²) in [6.45, 7) is 0.687. The van der Waals surface area contributed by atoms with Crippen molar-refractivity contribution in [3.8, 4) is 0 Å². The molecule has 0 saturated carbocycles. The average molecular weight is 284 g/mol. The fourth-order valence-electron chi connectivity index (χ4n) is 1.64. The monoisotopic (exact) mass is 284 g/mol. The minimum absolute atomic E-state index is 0.0819. The molecule has 2 aromatic heterocycles. The second-order valence-electron chi connectivity index (χ2n) is 4.07. The molecular formula is C10H16N6O2S. The van der Waals surface area contributed by atoms with Gasteiger partial charge in [-0.05, 0) is 13.1 Å². The van der Waals surface area contributed by atoms with Crippen LogP contribution in [0.1, 0.15) is 11.5 Å². The minimum atomic E-state index is -3.54. The lowest BCUT2D eigenvalue weighted by molar-refractivity contribution is 0.579. The van der Waals surface area contributed by atoms with E-state index < -0.39 is 10.0 Å². The van der Waals surface area contributed by atoms with Gasteiger partial charge in [-0.1, -0.05) is 0 Å². The Morgan fingerprint density at radius 2 is 2.21 bits per heavy atom. The highest BCUT2D eigenvalue weighted by atomic mass is 32.2. The normalized spacial score (nSPS) is 11.9. The van der Waals surface area contributed by atoms with E-state index in [-0.39, 0.29) is 11.4 Å². The summed E-state index contributed by atoms with van der Waals surface area (Å²) < 4.78 is 28.4. The zero-order chi connectivity index (χ0) is 13.9. The highest BCUT2D eigenvalue weighted by Gasteiger charge is 2.17. The van der Waals surface area contributed by atoms with E-state index in [1.165, 1.54) is 6.33 Å². The van der Waals surface area contributed by atoms with Gasteiger partial charge >= 0.3 is 0 Å². The van der Waals surface area contributed by atoms with Gasteiger partial charge in [-0.2, -0.15) is 5.10 Å². The number of aromatic amines is 1. The van der Waals surface area contributed by atoms with Gasteiger partial charge in [0.25, 0.3) is 0 Å². The fourth-order valence-corrected chi connectivity index (χ4v) is 2.73. The Morgan fingerprint density at radius 1 is 1.42 bits per heavy atom. The number of H-pyrrole nitrogens is 1. The summed E-state index contributed by atoms with van der Waals surface area (Å²) in [7, 11) is 0.0738. The Morgan fingerprint density at radius 3 is 2.84 bits per heavy atom. The number of nitrogens with one attached hydrogen (secondary N) is 3. The van der Waals surface area contributed by atoms with Crippen LogP contribution >= 0.6 is 0 Å². The van der Waals surface area contributed by atoms with Crippen molar-refractivity contribution in [2.24, 2.45) is 7.05 Å². The third-order valence-electron chi connectivity index (χ3n) is 2.65. The molecule has 0 unspecified atom stereocenters. The lowest BCUT2D eigenvalue weighted by Crippen LogP contribution is -2.23. The van der Waals surface area contributed by atoms with Crippen LogP contribution in [0, 0.1) is 0 Å². The summed E-state index contributed by atoms with van der Waals surface area (Å²) in [6.07, 6.45) is 2.91. The molecule has 19 heavy (non-hydrogen) atoms. The van der Waals surface area contributed by atoms with Crippen LogP contribution in [0.15, 0.2) is 23.5 Å². The van der Waals surface area contributed by atoms with Gasteiger partial charge in [0, 0.05) is 25.5 Å². The first-order valence-corrected chi connectivity index (χ1v) is 7.15. The van der Waals surface area contributed by atoms with Gasteiger partial charge in [0.2, 0.25) is 10.0 Å². The van der Waals surface area contributed by atoms with Gasteiger partial charge in [-0.25, -0.2) is 18.1 Å². The van der Waals surface area contributed by atoms with Crippen molar-refractivity contribution in [1.82, 2.24) is 29.8 Å². The van der Waals surface area contributed by atoms with Crippen LogP contribution in [0.5, 0.6) is 0 Å². The first kappa shape index (κ1) is 13.7. The third-order valence-corrected chi connectivity index (χ3v) is 4.01. The highest BCUT2D eigenvalue weighted by molar-refractivity contribution is 7.89. The molecule has 104 valence electrons. The summed E-state index contributed by atoms with van der Waals surface area (Å²) in [6, 6.07) is 1.64. The van der Waals surface area contributed by atoms with Gasteiger partial charge in [-0.3, -0.25) is 5.10 Å². The van der Waals surface area contributed by atoms with Gasteiger partial charge in [-0.15, -0.1) is 0 Å². The Kier molecular flexibility index (Phi) is 3.98. The van der Waals surface area contributed by atoms with Gasteiger partial charge in [0.15, 0.2) is 0 Å². The minimum Gasteiger partial charge on any atom is -0.352 e. The maximum Gasteiger partial charge on any atom is 0.242 e. The Bertz CT molecular complexity index is 631. The van der Waals surface area contributed by atoms with E-state index in [0.717, 1.165) is 5.69 Å². The summed E-state index contributed by atoms with van der Waals surface area (Å²) in [4.78, 5) is 4.09. The zero-order valence-corrected chi connectivity index (χ0v) is 11.5. The Hall–Kier alpha value is -1.71. The highest BCUT2D eigenvalue weighted by Crippen LogP contribution is 2.13. The van der Waals surface area contributed by atoms with Gasteiger partial charge in [0.1, 0.15) is 12.2 Å². The van der Waals surface area contributed by atoms with E-state index >= 15 is 0 Å². The lowest BCUT2D eigenvalue weighted by atomic mass is 10.4. The maximum atomic E-state index is 12.1. The van der Waals surface area contributed by atoms with Crippen molar-refractivity contribution in [2.45, 2.75) is 18.0 Å². The van der Waals surface area contributed by atoms with E-state index in [9.17, 15) is 8.42 Å². The molecule has 2 rings (SSSR count). The van der Waals surface area contributed by atoms with Gasteiger partial charge in [0.05, 0.1) is 11.4 Å². The zero-order valence-electron chi connectivity index (χ0n) is 10.7. The largest absolute Gasteiger partial charge is 0.352 e. The topological polar surface area (TPSA) is 105 Å². The predicted octanol–water partition coefficient (Wildman–Crippen LogP) is -0.659. The van der Waals surface area contributed by atoms with Crippen LogP contribution in [-0.4, -0.2) is 35.2 Å². The molecule has 2 aromatic rings. The molecule has 9 heteroatoms.